The number of hydrogen-bond acceptors (Lipinski definition) is 6. The highest BCUT2D eigenvalue weighted by atomic mass is 19.4. The summed E-state index contributed by atoms with van der Waals surface area (Å²) < 4.78 is 45.7. The third-order valence-electron chi connectivity index (χ3n) is 2.72. The van der Waals surface area contributed by atoms with E-state index in [4.69, 9.17) is 10.00 Å². The number of alkyl carbamates (subject to hydrolysis) is 1. The van der Waals surface area contributed by atoms with Crippen LogP contribution in [0.4, 0.5) is 18.0 Å². The van der Waals surface area contributed by atoms with E-state index >= 15 is 0 Å². The van der Waals surface area contributed by atoms with Gasteiger partial charge in [-0.15, -0.1) is 0 Å². The van der Waals surface area contributed by atoms with E-state index in [1.165, 1.54) is 0 Å². The second-order valence-corrected chi connectivity index (χ2v) is 6.21. The second kappa shape index (κ2) is 10.5. The monoisotopic (exact) mass is 381 g/mol. The van der Waals surface area contributed by atoms with Crippen molar-refractivity contribution in [3.8, 4) is 6.07 Å². The molecule has 0 radical (unpaired) electrons. The fraction of sp³-hybridized carbons (Fsp3) is 0.733. The number of carbonyl (C=O) groups excluding carboxylic acids is 3. The number of rotatable bonds is 8. The summed E-state index contributed by atoms with van der Waals surface area (Å²) in [4.78, 5) is 34.2. The lowest BCUT2D eigenvalue weighted by Crippen LogP contribution is -2.44. The van der Waals surface area contributed by atoms with Crippen LogP contribution < -0.4 is 10.6 Å². The van der Waals surface area contributed by atoms with E-state index in [-0.39, 0.29) is 25.8 Å². The molecule has 8 nitrogen and oxygen atoms in total. The van der Waals surface area contributed by atoms with Gasteiger partial charge in [0.2, 0.25) is 0 Å². The molecule has 0 aliphatic rings. The molecule has 0 aromatic heterocycles. The Morgan fingerprint density at radius 2 is 1.77 bits per heavy atom. The minimum Gasteiger partial charge on any atom is -0.449 e. The Hall–Kier alpha value is -2.51. The largest absolute Gasteiger partial charge is 0.471 e. The lowest BCUT2D eigenvalue weighted by molar-refractivity contribution is -0.173. The first-order valence-electron chi connectivity index (χ1n) is 7.75. The summed E-state index contributed by atoms with van der Waals surface area (Å²) >= 11 is 0. The number of carbonyl (C=O) groups is 3. The highest BCUT2D eigenvalue weighted by Crippen LogP contribution is 2.14. The molecular formula is C15H22F3N3O5. The highest BCUT2D eigenvalue weighted by Gasteiger charge is 2.38. The average Bonchev–Trinajstić information content (AvgIpc) is 2.48. The van der Waals surface area contributed by atoms with Crippen LogP contribution >= 0.6 is 0 Å². The van der Waals surface area contributed by atoms with Crippen LogP contribution in [0.5, 0.6) is 0 Å². The van der Waals surface area contributed by atoms with E-state index < -0.39 is 42.4 Å². The molecule has 2 amide bonds. The Morgan fingerprint density at radius 3 is 2.27 bits per heavy atom. The fourth-order valence-corrected chi connectivity index (χ4v) is 1.68. The van der Waals surface area contributed by atoms with E-state index in [1.807, 2.05) is 0 Å². The zero-order valence-corrected chi connectivity index (χ0v) is 14.7. The zero-order chi connectivity index (χ0) is 20.4. The van der Waals surface area contributed by atoms with Crippen molar-refractivity contribution in [1.82, 2.24) is 10.6 Å². The van der Waals surface area contributed by atoms with Gasteiger partial charge in [0.25, 0.3) is 0 Å². The third-order valence-corrected chi connectivity index (χ3v) is 2.72. The van der Waals surface area contributed by atoms with Gasteiger partial charge < -0.3 is 20.1 Å². The highest BCUT2D eigenvalue weighted by molar-refractivity contribution is 5.82. The van der Waals surface area contributed by atoms with Gasteiger partial charge in [0, 0.05) is 6.54 Å². The Kier molecular flexibility index (Phi) is 9.46. The first-order valence-corrected chi connectivity index (χ1v) is 7.75. The summed E-state index contributed by atoms with van der Waals surface area (Å²) in [7, 11) is 0. The Bertz CT molecular complexity index is 538. The normalized spacial score (nSPS) is 12.5. The number of esters is 1. The number of unbranched alkanes of at least 4 members (excludes halogenated alkanes) is 1. The molecule has 0 saturated carbocycles. The summed E-state index contributed by atoms with van der Waals surface area (Å²) in [6, 6.07) is 0.479. The maximum atomic E-state index is 12.0. The molecule has 0 fully saturated rings. The quantitative estimate of drug-likeness (QED) is 0.489. The molecule has 0 saturated heterocycles. The number of nitrogens with one attached hydrogen (secondary N) is 2. The Balaban J connectivity index is 4.49. The van der Waals surface area contributed by atoms with Gasteiger partial charge in [0.05, 0.1) is 0 Å². The molecule has 148 valence electrons. The van der Waals surface area contributed by atoms with Crippen molar-refractivity contribution in [3.63, 3.8) is 0 Å². The van der Waals surface area contributed by atoms with Gasteiger partial charge in [-0.25, -0.2) is 9.59 Å². The summed E-state index contributed by atoms with van der Waals surface area (Å²) in [6.07, 6.45) is -5.45. The Morgan fingerprint density at radius 1 is 1.15 bits per heavy atom. The molecule has 0 rings (SSSR count). The third kappa shape index (κ3) is 11.1. The standard InChI is InChI=1S/C15H22F3N3O5/c1-14(2,3)26-13(24)21-10(11(22)25-9-7-19)6-4-5-8-20-12(23)15(16,17)18/h10H,4-6,8-9H2,1-3H3,(H,20,23)(H,21,24). The number of halogens is 3. The molecule has 0 aromatic carbocycles. The van der Waals surface area contributed by atoms with Crippen molar-refractivity contribution in [1.29, 1.82) is 5.26 Å². The van der Waals surface area contributed by atoms with Crippen LogP contribution in [0.1, 0.15) is 40.0 Å². The van der Waals surface area contributed by atoms with Crippen LogP contribution in [-0.2, 0) is 19.1 Å². The first-order chi connectivity index (χ1) is 11.9. The van der Waals surface area contributed by atoms with E-state index in [2.05, 4.69) is 10.1 Å². The number of nitrogens with zero attached hydrogens (tertiary/aromatic N) is 1. The van der Waals surface area contributed by atoms with Crippen LogP contribution in [0.3, 0.4) is 0 Å². The fourth-order valence-electron chi connectivity index (χ4n) is 1.68. The predicted molar refractivity (Wildman–Crippen MR) is 82.6 cm³/mol. The molecule has 26 heavy (non-hydrogen) atoms. The molecule has 0 aromatic rings. The van der Waals surface area contributed by atoms with Crippen LogP contribution in [0.25, 0.3) is 0 Å². The molecule has 0 bridgehead atoms. The molecule has 1 unspecified atom stereocenters. The summed E-state index contributed by atoms with van der Waals surface area (Å²) in [5.41, 5.74) is -0.799. The Labute approximate surface area is 149 Å². The zero-order valence-electron chi connectivity index (χ0n) is 14.7. The minimum absolute atomic E-state index is 0.0331. The van der Waals surface area contributed by atoms with Crippen molar-refractivity contribution < 1.29 is 37.0 Å². The SMILES string of the molecule is CC(C)(C)OC(=O)NC(CCCCNC(=O)C(F)(F)F)C(=O)OCC#N. The van der Waals surface area contributed by atoms with Gasteiger partial charge in [0.15, 0.2) is 6.61 Å². The minimum atomic E-state index is -4.96. The van der Waals surface area contributed by atoms with Crippen molar-refractivity contribution >= 4 is 18.0 Å². The lowest BCUT2D eigenvalue weighted by Gasteiger charge is -2.22. The summed E-state index contributed by atoms with van der Waals surface area (Å²) in [6.45, 7) is 4.12. The molecule has 0 heterocycles. The first kappa shape index (κ1) is 23.5. The summed E-state index contributed by atoms with van der Waals surface area (Å²) in [5.74, 6) is -2.91. The molecule has 1 atom stereocenters. The van der Waals surface area contributed by atoms with Gasteiger partial charge in [-0.05, 0) is 40.0 Å². The number of alkyl halides is 3. The number of amides is 2. The lowest BCUT2D eigenvalue weighted by atomic mass is 10.1. The van der Waals surface area contributed by atoms with E-state index in [1.54, 1.807) is 32.2 Å². The van der Waals surface area contributed by atoms with Gasteiger partial charge >= 0.3 is 24.1 Å². The van der Waals surface area contributed by atoms with Gasteiger partial charge in [-0.1, -0.05) is 0 Å². The maximum Gasteiger partial charge on any atom is 0.471 e. The molecule has 0 aliphatic carbocycles. The van der Waals surface area contributed by atoms with Crippen molar-refractivity contribution in [2.45, 2.75) is 57.9 Å². The smallest absolute Gasteiger partial charge is 0.449 e. The van der Waals surface area contributed by atoms with Gasteiger partial charge in [-0.3, -0.25) is 4.79 Å². The maximum absolute atomic E-state index is 12.0. The van der Waals surface area contributed by atoms with Crippen LogP contribution in [0.2, 0.25) is 0 Å². The van der Waals surface area contributed by atoms with Crippen molar-refractivity contribution in [2.24, 2.45) is 0 Å². The second-order valence-electron chi connectivity index (χ2n) is 6.21. The molecule has 0 aliphatic heterocycles. The van der Waals surface area contributed by atoms with Gasteiger partial charge in [-0.2, -0.15) is 18.4 Å². The van der Waals surface area contributed by atoms with Crippen LogP contribution in [0.15, 0.2) is 0 Å². The predicted octanol–water partition coefficient (Wildman–Crippen LogP) is 1.80. The van der Waals surface area contributed by atoms with Crippen LogP contribution in [-0.4, -0.2) is 48.9 Å². The topological polar surface area (TPSA) is 118 Å². The molecule has 2 N–H and O–H groups in total. The molecule has 11 heteroatoms. The van der Waals surface area contributed by atoms with E-state index in [0.29, 0.717) is 0 Å². The van der Waals surface area contributed by atoms with Crippen molar-refractivity contribution in [3.05, 3.63) is 0 Å². The van der Waals surface area contributed by atoms with Crippen molar-refractivity contribution in [2.75, 3.05) is 13.2 Å². The number of ether oxygens (including phenoxy) is 2. The number of hydrogen-bond donors (Lipinski definition) is 2. The molecular weight excluding hydrogens is 359 g/mol. The van der Waals surface area contributed by atoms with E-state index in [0.717, 1.165) is 0 Å². The number of nitriles is 1. The average molecular weight is 381 g/mol. The van der Waals surface area contributed by atoms with Gasteiger partial charge in [0.1, 0.15) is 17.7 Å². The summed E-state index contributed by atoms with van der Waals surface area (Å²) in [5, 5.41) is 12.4. The van der Waals surface area contributed by atoms with E-state index in [9.17, 15) is 27.6 Å². The van der Waals surface area contributed by atoms with Crippen LogP contribution in [0, 0.1) is 11.3 Å². The molecule has 0 spiro atoms.